The molecular formula is C11H8N4O. The maximum atomic E-state index is 10.3. The second-order valence-electron chi connectivity index (χ2n) is 3.40. The zero-order valence-corrected chi connectivity index (χ0v) is 8.27. The molecule has 0 aliphatic heterocycles. The highest BCUT2D eigenvalue weighted by Crippen LogP contribution is 2.24. The molecule has 2 N–H and O–H groups in total. The van der Waals surface area contributed by atoms with Crippen LogP contribution < -0.4 is 5.32 Å². The van der Waals surface area contributed by atoms with E-state index in [0.717, 1.165) is 21.9 Å². The number of rotatable bonds is 2. The third kappa shape index (κ3) is 1.22. The molecule has 0 saturated carbocycles. The van der Waals surface area contributed by atoms with Gasteiger partial charge in [-0.1, -0.05) is 0 Å². The van der Waals surface area contributed by atoms with E-state index in [1.807, 2.05) is 18.2 Å². The summed E-state index contributed by atoms with van der Waals surface area (Å²) in [6.45, 7) is 0. The Labute approximate surface area is 90.5 Å². The first-order chi connectivity index (χ1) is 7.88. The fraction of sp³-hybridized carbons (Fsp3) is 0. The van der Waals surface area contributed by atoms with Gasteiger partial charge in [0.25, 0.3) is 0 Å². The van der Waals surface area contributed by atoms with Gasteiger partial charge >= 0.3 is 0 Å². The quantitative estimate of drug-likeness (QED) is 0.635. The summed E-state index contributed by atoms with van der Waals surface area (Å²) in [5, 5.41) is 4.55. The highest BCUT2D eigenvalue weighted by Gasteiger charge is 2.05. The zero-order valence-electron chi connectivity index (χ0n) is 8.27. The fourth-order valence-electron chi connectivity index (χ4n) is 1.77. The number of aromatic amines is 1. The molecule has 3 aromatic heterocycles. The number of carbonyl (C=O) groups is 1. The summed E-state index contributed by atoms with van der Waals surface area (Å²) >= 11 is 0. The molecule has 0 saturated heterocycles. The maximum absolute atomic E-state index is 10.3. The van der Waals surface area contributed by atoms with Gasteiger partial charge in [-0.3, -0.25) is 4.79 Å². The molecule has 0 spiro atoms. The van der Waals surface area contributed by atoms with E-state index in [2.05, 4.69) is 20.3 Å². The van der Waals surface area contributed by atoms with Crippen molar-refractivity contribution < 1.29 is 4.79 Å². The number of H-pyrrole nitrogens is 1. The van der Waals surface area contributed by atoms with Gasteiger partial charge in [0.1, 0.15) is 11.5 Å². The lowest BCUT2D eigenvalue weighted by Crippen LogP contribution is -1.95. The summed E-state index contributed by atoms with van der Waals surface area (Å²) in [7, 11) is 0. The molecule has 3 rings (SSSR count). The van der Waals surface area contributed by atoms with Crippen molar-refractivity contribution in [1.29, 1.82) is 0 Å². The van der Waals surface area contributed by atoms with Crippen LogP contribution in [0.25, 0.3) is 21.9 Å². The smallest absolute Gasteiger partial charge is 0.212 e. The minimum Gasteiger partial charge on any atom is -0.338 e. The lowest BCUT2D eigenvalue weighted by Gasteiger charge is -1.96. The first kappa shape index (κ1) is 8.84. The lowest BCUT2D eigenvalue weighted by molar-refractivity contribution is -0.105. The normalized spacial score (nSPS) is 10.8. The molecule has 0 aromatic carbocycles. The topological polar surface area (TPSA) is 70.7 Å². The highest BCUT2D eigenvalue weighted by molar-refractivity contribution is 6.06. The summed E-state index contributed by atoms with van der Waals surface area (Å²) in [5.41, 5.74) is 1.73. The molecular weight excluding hydrogens is 204 g/mol. The molecule has 0 fully saturated rings. The Bertz CT molecular complexity index is 674. The maximum Gasteiger partial charge on any atom is 0.212 e. The second kappa shape index (κ2) is 3.30. The van der Waals surface area contributed by atoms with Crippen LogP contribution in [-0.4, -0.2) is 21.4 Å². The Kier molecular flexibility index (Phi) is 1.83. The lowest BCUT2D eigenvalue weighted by atomic mass is 10.2. The van der Waals surface area contributed by atoms with Gasteiger partial charge in [-0.25, -0.2) is 9.97 Å². The van der Waals surface area contributed by atoms with Crippen molar-refractivity contribution in [3.05, 3.63) is 30.6 Å². The summed E-state index contributed by atoms with van der Waals surface area (Å²) in [6.07, 6.45) is 4.03. The number of hydrogen-bond donors (Lipinski definition) is 2. The second-order valence-corrected chi connectivity index (χ2v) is 3.40. The predicted octanol–water partition coefficient (Wildman–Crippen LogP) is 1.68. The molecule has 5 nitrogen and oxygen atoms in total. The van der Waals surface area contributed by atoms with Gasteiger partial charge in [0.15, 0.2) is 0 Å². The summed E-state index contributed by atoms with van der Waals surface area (Å²) < 4.78 is 0. The van der Waals surface area contributed by atoms with E-state index in [-0.39, 0.29) is 0 Å². The number of fused-ring (bicyclic) bond motifs is 3. The van der Waals surface area contributed by atoms with Crippen LogP contribution in [-0.2, 0) is 4.79 Å². The Morgan fingerprint density at radius 3 is 3.12 bits per heavy atom. The van der Waals surface area contributed by atoms with Crippen LogP contribution in [0.1, 0.15) is 0 Å². The van der Waals surface area contributed by atoms with Crippen LogP contribution in [0.2, 0.25) is 0 Å². The average Bonchev–Trinajstić information content (AvgIpc) is 2.68. The van der Waals surface area contributed by atoms with Crippen molar-refractivity contribution in [2.45, 2.75) is 0 Å². The summed E-state index contributed by atoms with van der Waals surface area (Å²) in [6, 6.07) is 5.68. The molecule has 0 radical (unpaired) electrons. The number of amides is 1. The summed E-state index contributed by atoms with van der Waals surface area (Å²) in [5.74, 6) is 0.534. The van der Waals surface area contributed by atoms with Gasteiger partial charge in [0, 0.05) is 17.0 Å². The van der Waals surface area contributed by atoms with E-state index in [9.17, 15) is 4.79 Å². The third-order valence-electron chi connectivity index (χ3n) is 2.46. The zero-order chi connectivity index (χ0) is 11.0. The van der Waals surface area contributed by atoms with Crippen molar-refractivity contribution in [1.82, 2.24) is 15.0 Å². The Balaban J connectivity index is 2.35. The number of nitrogens with one attached hydrogen (secondary N) is 2. The number of aromatic nitrogens is 3. The molecule has 0 unspecified atom stereocenters. The molecule has 0 aliphatic carbocycles. The molecule has 3 heterocycles. The number of anilines is 1. The highest BCUT2D eigenvalue weighted by atomic mass is 16.1. The fourth-order valence-corrected chi connectivity index (χ4v) is 1.77. The van der Waals surface area contributed by atoms with Gasteiger partial charge in [0.05, 0.1) is 11.7 Å². The Hall–Kier alpha value is -2.43. The van der Waals surface area contributed by atoms with Crippen LogP contribution in [0.4, 0.5) is 5.82 Å². The number of carbonyl (C=O) groups excluding carboxylic acids is 1. The number of hydrogen-bond acceptors (Lipinski definition) is 3. The Morgan fingerprint density at radius 1 is 1.31 bits per heavy atom. The monoisotopic (exact) mass is 212 g/mol. The molecule has 0 atom stereocenters. The number of nitrogens with zero attached hydrogens (tertiary/aromatic N) is 2. The third-order valence-corrected chi connectivity index (χ3v) is 2.46. The van der Waals surface area contributed by atoms with E-state index in [0.29, 0.717) is 12.2 Å². The van der Waals surface area contributed by atoms with E-state index < -0.39 is 0 Å². The first-order valence-electron chi connectivity index (χ1n) is 4.81. The van der Waals surface area contributed by atoms with Crippen molar-refractivity contribution in [3.8, 4) is 0 Å². The number of pyridine rings is 2. The minimum absolute atomic E-state index is 0.534. The van der Waals surface area contributed by atoms with Crippen LogP contribution >= 0.6 is 0 Å². The van der Waals surface area contributed by atoms with Gasteiger partial charge in [-0.15, -0.1) is 0 Å². The van der Waals surface area contributed by atoms with Crippen LogP contribution in [0.15, 0.2) is 30.6 Å². The van der Waals surface area contributed by atoms with E-state index in [4.69, 9.17) is 0 Å². The van der Waals surface area contributed by atoms with E-state index in [1.54, 1.807) is 12.4 Å². The van der Waals surface area contributed by atoms with Crippen LogP contribution in [0.3, 0.4) is 0 Å². The molecule has 16 heavy (non-hydrogen) atoms. The molecule has 0 aliphatic rings. The van der Waals surface area contributed by atoms with Gasteiger partial charge in [-0.05, 0) is 18.2 Å². The van der Waals surface area contributed by atoms with Crippen molar-refractivity contribution >= 4 is 34.2 Å². The van der Waals surface area contributed by atoms with Crippen molar-refractivity contribution in [3.63, 3.8) is 0 Å². The molecule has 1 amide bonds. The largest absolute Gasteiger partial charge is 0.338 e. The average molecular weight is 212 g/mol. The van der Waals surface area contributed by atoms with Gasteiger partial charge in [0.2, 0.25) is 6.41 Å². The van der Waals surface area contributed by atoms with Crippen molar-refractivity contribution in [2.75, 3.05) is 5.32 Å². The first-order valence-corrected chi connectivity index (χ1v) is 4.81. The SMILES string of the molecule is O=CNc1cc2c(cn1)[nH]c1ncccc12. The molecule has 78 valence electrons. The van der Waals surface area contributed by atoms with Crippen molar-refractivity contribution in [2.24, 2.45) is 0 Å². The Morgan fingerprint density at radius 2 is 2.25 bits per heavy atom. The van der Waals surface area contributed by atoms with E-state index in [1.165, 1.54) is 0 Å². The summed E-state index contributed by atoms with van der Waals surface area (Å²) in [4.78, 5) is 21.8. The molecule has 0 bridgehead atoms. The predicted molar refractivity (Wildman–Crippen MR) is 61.1 cm³/mol. The van der Waals surface area contributed by atoms with Crippen LogP contribution in [0.5, 0.6) is 0 Å². The van der Waals surface area contributed by atoms with Gasteiger partial charge < -0.3 is 10.3 Å². The molecule has 3 aromatic rings. The van der Waals surface area contributed by atoms with E-state index >= 15 is 0 Å². The van der Waals surface area contributed by atoms with Gasteiger partial charge in [-0.2, -0.15) is 0 Å². The standard InChI is InChI=1S/C11H8N4O/c16-6-14-10-4-8-7-2-1-3-12-11(7)15-9(8)5-13-10/h1-6H,(H,12,15)(H,13,14,16). The minimum atomic E-state index is 0.534. The molecule has 5 heteroatoms. The van der Waals surface area contributed by atoms with Crippen LogP contribution in [0, 0.1) is 0 Å².